The first kappa shape index (κ1) is 9.88. The maximum atomic E-state index is 10.7. The number of benzene rings is 1. The Balaban J connectivity index is 2.18. The summed E-state index contributed by atoms with van der Waals surface area (Å²) in [7, 11) is 0. The van der Waals surface area contributed by atoms with E-state index in [1.165, 1.54) is 17.0 Å². The molecule has 0 saturated heterocycles. The number of carbonyl (C=O) groups is 1. The van der Waals surface area contributed by atoms with Gasteiger partial charge in [0.25, 0.3) is 5.91 Å². The van der Waals surface area contributed by atoms with E-state index in [9.17, 15) is 4.79 Å². The highest BCUT2D eigenvalue weighted by molar-refractivity contribution is 7.13. The number of fused-ring (bicyclic) bond motifs is 1. The molecule has 2 aromatic rings. The van der Waals surface area contributed by atoms with Gasteiger partial charge < -0.3 is 4.74 Å². The number of nitrogens with one attached hydrogen (secondary N) is 1. The Bertz CT molecular complexity index is 483. The summed E-state index contributed by atoms with van der Waals surface area (Å²) < 4.78 is 10.2. The van der Waals surface area contributed by atoms with Crippen molar-refractivity contribution in [2.75, 3.05) is 6.61 Å². The van der Waals surface area contributed by atoms with Crippen molar-refractivity contribution in [3.05, 3.63) is 24.3 Å². The summed E-state index contributed by atoms with van der Waals surface area (Å²) in [5, 5.41) is 9.15. The molecule has 6 heteroatoms. The lowest BCUT2D eigenvalue weighted by Crippen LogP contribution is -2.25. The topological polar surface area (TPSA) is 71.5 Å². The van der Waals surface area contributed by atoms with Gasteiger partial charge in [0.2, 0.25) is 5.88 Å². The average molecular weight is 224 g/mol. The van der Waals surface area contributed by atoms with Crippen molar-refractivity contribution < 1.29 is 14.7 Å². The fourth-order valence-electron chi connectivity index (χ4n) is 1.13. The van der Waals surface area contributed by atoms with E-state index in [0.29, 0.717) is 5.88 Å². The van der Waals surface area contributed by atoms with Crippen molar-refractivity contribution in [2.24, 2.45) is 0 Å². The number of nitrogens with zero attached hydrogens (tertiary/aromatic N) is 1. The number of aromatic nitrogens is 1. The van der Waals surface area contributed by atoms with Gasteiger partial charge in [0, 0.05) is 0 Å². The molecule has 0 fully saturated rings. The van der Waals surface area contributed by atoms with Crippen LogP contribution in [-0.2, 0) is 4.79 Å². The van der Waals surface area contributed by atoms with Gasteiger partial charge in [0.05, 0.1) is 10.1 Å². The standard InChI is InChI=1S/C9H8N2O3S/c12-8(10-13)5-14-9-6-3-1-2-4-7(6)15-11-9/h1-4,13H,5H2,(H,10,12). The van der Waals surface area contributed by atoms with E-state index < -0.39 is 5.91 Å². The average Bonchev–Trinajstić information content (AvgIpc) is 2.69. The number of hydrogen-bond donors (Lipinski definition) is 2. The van der Waals surface area contributed by atoms with Crippen LogP contribution < -0.4 is 10.2 Å². The molecule has 2 rings (SSSR count). The second-order valence-corrected chi connectivity index (χ2v) is 3.61. The van der Waals surface area contributed by atoms with Crippen molar-refractivity contribution in [1.29, 1.82) is 0 Å². The quantitative estimate of drug-likeness (QED) is 0.606. The lowest BCUT2D eigenvalue weighted by atomic mass is 10.3. The second kappa shape index (κ2) is 4.24. The maximum Gasteiger partial charge on any atom is 0.281 e. The number of rotatable bonds is 3. The van der Waals surface area contributed by atoms with Crippen LogP contribution >= 0.6 is 11.5 Å². The first-order valence-corrected chi connectivity index (χ1v) is 4.99. The highest BCUT2D eigenvalue weighted by Crippen LogP contribution is 2.27. The van der Waals surface area contributed by atoms with Crippen molar-refractivity contribution >= 4 is 27.5 Å². The van der Waals surface area contributed by atoms with Crippen LogP contribution in [-0.4, -0.2) is 22.1 Å². The van der Waals surface area contributed by atoms with E-state index in [1.54, 1.807) is 0 Å². The molecule has 78 valence electrons. The zero-order chi connectivity index (χ0) is 10.7. The Morgan fingerprint density at radius 2 is 2.33 bits per heavy atom. The maximum absolute atomic E-state index is 10.7. The minimum atomic E-state index is -0.605. The molecule has 1 amide bonds. The fraction of sp³-hybridized carbons (Fsp3) is 0.111. The second-order valence-electron chi connectivity index (χ2n) is 2.81. The van der Waals surface area contributed by atoms with Crippen LogP contribution in [0.2, 0.25) is 0 Å². The Labute approximate surface area is 89.4 Å². The van der Waals surface area contributed by atoms with Gasteiger partial charge in [0.15, 0.2) is 6.61 Å². The van der Waals surface area contributed by atoms with Crippen molar-refractivity contribution in [3.63, 3.8) is 0 Å². The number of carbonyl (C=O) groups excluding carboxylic acids is 1. The summed E-state index contributed by atoms with van der Waals surface area (Å²) in [6.07, 6.45) is 0. The van der Waals surface area contributed by atoms with Crippen LogP contribution in [0.5, 0.6) is 5.88 Å². The van der Waals surface area contributed by atoms with E-state index in [0.717, 1.165) is 10.1 Å². The molecule has 1 aromatic carbocycles. The van der Waals surface area contributed by atoms with Gasteiger partial charge in [-0.1, -0.05) is 12.1 Å². The van der Waals surface area contributed by atoms with Gasteiger partial charge in [-0.15, -0.1) is 0 Å². The van der Waals surface area contributed by atoms with E-state index in [1.807, 2.05) is 24.3 Å². The van der Waals surface area contributed by atoms with E-state index >= 15 is 0 Å². The number of ether oxygens (including phenoxy) is 1. The predicted octanol–water partition coefficient (Wildman–Crippen LogP) is 1.18. The molecular formula is C9H8N2O3S. The Morgan fingerprint density at radius 1 is 1.53 bits per heavy atom. The van der Waals surface area contributed by atoms with Crippen LogP contribution in [0.25, 0.3) is 10.1 Å². The van der Waals surface area contributed by atoms with Crippen LogP contribution in [0.15, 0.2) is 24.3 Å². The molecule has 0 unspecified atom stereocenters. The zero-order valence-electron chi connectivity index (χ0n) is 7.64. The summed E-state index contributed by atoms with van der Waals surface area (Å²) >= 11 is 1.30. The molecule has 0 radical (unpaired) electrons. The lowest BCUT2D eigenvalue weighted by Gasteiger charge is -2.00. The highest BCUT2D eigenvalue weighted by Gasteiger charge is 2.08. The molecule has 15 heavy (non-hydrogen) atoms. The molecule has 1 heterocycles. The van der Waals surface area contributed by atoms with Gasteiger partial charge in [-0.25, -0.2) is 5.48 Å². The fourth-order valence-corrected chi connectivity index (χ4v) is 1.86. The predicted molar refractivity (Wildman–Crippen MR) is 55.0 cm³/mol. The minimum absolute atomic E-state index is 0.246. The molecule has 0 aliphatic carbocycles. The van der Waals surface area contributed by atoms with Crippen LogP contribution in [0.1, 0.15) is 0 Å². The van der Waals surface area contributed by atoms with Crippen LogP contribution in [0.3, 0.4) is 0 Å². The van der Waals surface area contributed by atoms with Gasteiger partial charge in [-0.3, -0.25) is 10.0 Å². The summed E-state index contributed by atoms with van der Waals surface area (Å²) in [5.41, 5.74) is 1.49. The largest absolute Gasteiger partial charge is 0.466 e. The smallest absolute Gasteiger partial charge is 0.281 e. The summed E-state index contributed by atoms with van der Waals surface area (Å²) in [5.74, 6) is -0.189. The Hall–Kier alpha value is -1.66. The summed E-state index contributed by atoms with van der Waals surface area (Å²) in [6.45, 7) is -0.246. The van der Waals surface area contributed by atoms with E-state index in [2.05, 4.69) is 4.37 Å². The SMILES string of the molecule is O=C(COc1nsc2ccccc12)NO. The molecular weight excluding hydrogens is 216 g/mol. The lowest BCUT2D eigenvalue weighted by molar-refractivity contribution is -0.131. The third-order valence-electron chi connectivity index (χ3n) is 1.81. The minimum Gasteiger partial charge on any atom is -0.466 e. The first-order chi connectivity index (χ1) is 7.31. The number of hydroxylamine groups is 1. The molecule has 0 saturated carbocycles. The monoisotopic (exact) mass is 224 g/mol. The van der Waals surface area contributed by atoms with Gasteiger partial charge in [-0.05, 0) is 23.7 Å². The van der Waals surface area contributed by atoms with Crippen molar-refractivity contribution in [3.8, 4) is 5.88 Å². The van der Waals surface area contributed by atoms with Gasteiger partial charge in [0.1, 0.15) is 0 Å². The van der Waals surface area contributed by atoms with E-state index in [4.69, 9.17) is 9.94 Å². The van der Waals surface area contributed by atoms with E-state index in [-0.39, 0.29) is 6.61 Å². The molecule has 0 bridgehead atoms. The van der Waals surface area contributed by atoms with Crippen LogP contribution in [0, 0.1) is 0 Å². The van der Waals surface area contributed by atoms with Crippen molar-refractivity contribution in [1.82, 2.24) is 9.85 Å². The first-order valence-electron chi connectivity index (χ1n) is 4.21. The normalized spacial score (nSPS) is 10.2. The molecule has 2 N–H and O–H groups in total. The third-order valence-corrected chi connectivity index (χ3v) is 2.62. The molecule has 5 nitrogen and oxygen atoms in total. The summed E-state index contributed by atoms with van der Waals surface area (Å²) in [6, 6.07) is 7.57. The van der Waals surface area contributed by atoms with Crippen LogP contribution in [0.4, 0.5) is 0 Å². The highest BCUT2D eigenvalue weighted by atomic mass is 32.1. The summed E-state index contributed by atoms with van der Waals surface area (Å²) in [4.78, 5) is 10.7. The Kier molecular flexibility index (Phi) is 2.79. The van der Waals surface area contributed by atoms with Gasteiger partial charge >= 0.3 is 0 Å². The molecule has 0 spiro atoms. The molecule has 0 aliphatic rings. The third kappa shape index (κ3) is 2.05. The molecule has 0 atom stereocenters. The zero-order valence-corrected chi connectivity index (χ0v) is 8.45. The Morgan fingerprint density at radius 3 is 3.13 bits per heavy atom. The number of amides is 1. The van der Waals surface area contributed by atoms with Crippen molar-refractivity contribution in [2.45, 2.75) is 0 Å². The molecule has 0 aliphatic heterocycles. The molecule has 1 aromatic heterocycles. The number of hydrogen-bond acceptors (Lipinski definition) is 5. The van der Waals surface area contributed by atoms with Gasteiger partial charge in [-0.2, -0.15) is 4.37 Å².